The van der Waals surface area contributed by atoms with E-state index in [0.29, 0.717) is 30.4 Å². The zero-order chi connectivity index (χ0) is 15.2. The largest absolute Gasteiger partial charge is 0.462 e. The van der Waals surface area contributed by atoms with E-state index in [0.717, 1.165) is 10.6 Å². The lowest BCUT2D eigenvalue weighted by Gasteiger charge is -2.03. The Labute approximate surface area is 128 Å². The van der Waals surface area contributed by atoms with Crippen LogP contribution in [0.5, 0.6) is 0 Å². The van der Waals surface area contributed by atoms with E-state index in [1.165, 1.54) is 16.9 Å². The zero-order valence-corrected chi connectivity index (χ0v) is 13.0. The smallest absolute Gasteiger partial charge is 0.352 e. The van der Waals surface area contributed by atoms with Crippen molar-refractivity contribution in [2.45, 2.75) is 13.8 Å². The van der Waals surface area contributed by atoms with Gasteiger partial charge >= 0.3 is 5.97 Å². The van der Waals surface area contributed by atoms with E-state index in [2.05, 4.69) is 10.3 Å². The maximum Gasteiger partial charge on any atom is 0.352 e. The Morgan fingerprint density at radius 1 is 1.38 bits per heavy atom. The van der Waals surface area contributed by atoms with Gasteiger partial charge in [0.15, 0.2) is 10.7 Å². The maximum atomic E-state index is 12.0. The third-order valence-corrected chi connectivity index (χ3v) is 3.91. The topological polar surface area (TPSA) is 77.2 Å². The van der Waals surface area contributed by atoms with Crippen LogP contribution in [0.4, 0.5) is 5.82 Å². The first kappa shape index (κ1) is 15.5. The van der Waals surface area contributed by atoms with Gasteiger partial charge in [-0.15, -0.1) is 11.3 Å². The van der Waals surface area contributed by atoms with Crippen LogP contribution >= 0.6 is 11.3 Å². The number of nitrogens with one attached hydrogen (secondary N) is 1. The van der Waals surface area contributed by atoms with E-state index >= 15 is 0 Å². The van der Waals surface area contributed by atoms with Crippen molar-refractivity contribution in [2.75, 3.05) is 25.0 Å². The molecule has 21 heavy (non-hydrogen) atoms. The standard InChI is InChI=1S/C15H19N3O2S/c1-3-20-15(19)12-13(17-9-8-16)18-14(21-12)11-6-4-10(2)5-7-11/h4-7,17H,3,8-9,16H2,1-2H3. The molecule has 0 aliphatic carbocycles. The van der Waals surface area contributed by atoms with Gasteiger partial charge in [0.05, 0.1) is 6.61 Å². The second-order valence-electron chi connectivity index (χ2n) is 4.50. The van der Waals surface area contributed by atoms with Crippen LogP contribution in [0.2, 0.25) is 0 Å². The summed E-state index contributed by atoms with van der Waals surface area (Å²) in [7, 11) is 0. The molecule has 0 aliphatic rings. The maximum absolute atomic E-state index is 12.0. The Bertz CT molecular complexity index is 608. The number of nitrogens with two attached hydrogens (primary N) is 1. The molecule has 0 bridgehead atoms. The molecule has 1 aromatic heterocycles. The zero-order valence-electron chi connectivity index (χ0n) is 12.2. The summed E-state index contributed by atoms with van der Waals surface area (Å²) in [5.41, 5.74) is 7.66. The number of aryl methyl sites for hydroxylation is 1. The second-order valence-corrected chi connectivity index (χ2v) is 5.50. The number of nitrogens with zero attached hydrogens (tertiary/aromatic N) is 1. The SMILES string of the molecule is CCOC(=O)c1sc(-c2ccc(C)cc2)nc1NCCN. The number of hydrogen-bond acceptors (Lipinski definition) is 6. The fraction of sp³-hybridized carbons (Fsp3) is 0.333. The van der Waals surface area contributed by atoms with Crippen molar-refractivity contribution in [2.24, 2.45) is 5.73 Å². The highest BCUT2D eigenvalue weighted by Crippen LogP contribution is 2.31. The molecule has 0 radical (unpaired) electrons. The molecule has 1 heterocycles. The first-order valence-electron chi connectivity index (χ1n) is 6.84. The Kier molecular flexibility index (Phi) is 5.30. The van der Waals surface area contributed by atoms with Gasteiger partial charge in [0.2, 0.25) is 0 Å². The van der Waals surface area contributed by atoms with Gasteiger partial charge in [-0.3, -0.25) is 0 Å². The number of hydrogen-bond donors (Lipinski definition) is 2. The average molecular weight is 305 g/mol. The number of rotatable bonds is 6. The summed E-state index contributed by atoms with van der Waals surface area (Å²) < 4.78 is 5.08. The van der Waals surface area contributed by atoms with E-state index in [1.807, 2.05) is 31.2 Å². The summed E-state index contributed by atoms with van der Waals surface area (Å²) in [4.78, 5) is 17.0. The molecule has 0 unspecified atom stereocenters. The molecule has 2 aromatic rings. The van der Waals surface area contributed by atoms with E-state index < -0.39 is 0 Å². The van der Waals surface area contributed by atoms with Crippen LogP contribution in [0.25, 0.3) is 10.6 Å². The first-order valence-corrected chi connectivity index (χ1v) is 7.66. The molecule has 0 fully saturated rings. The van der Waals surface area contributed by atoms with Crippen molar-refractivity contribution in [3.05, 3.63) is 34.7 Å². The molecule has 5 nitrogen and oxygen atoms in total. The highest BCUT2D eigenvalue weighted by atomic mass is 32.1. The molecular formula is C15H19N3O2S. The van der Waals surface area contributed by atoms with Gasteiger partial charge in [0.1, 0.15) is 5.01 Å². The normalized spacial score (nSPS) is 10.4. The van der Waals surface area contributed by atoms with Gasteiger partial charge in [0.25, 0.3) is 0 Å². The first-order chi connectivity index (χ1) is 10.2. The van der Waals surface area contributed by atoms with Gasteiger partial charge in [-0.1, -0.05) is 29.8 Å². The minimum absolute atomic E-state index is 0.340. The molecular weight excluding hydrogens is 286 g/mol. The Balaban J connectivity index is 2.34. The molecule has 0 spiro atoms. The van der Waals surface area contributed by atoms with Crippen LogP contribution in [0.15, 0.2) is 24.3 Å². The molecule has 112 valence electrons. The number of aromatic nitrogens is 1. The minimum Gasteiger partial charge on any atom is -0.462 e. The number of benzene rings is 1. The molecule has 0 amide bonds. The van der Waals surface area contributed by atoms with Crippen molar-refractivity contribution in [1.82, 2.24) is 4.98 Å². The Morgan fingerprint density at radius 3 is 2.71 bits per heavy atom. The van der Waals surface area contributed by atoms with Crippen LogP contribution in [-0.2, 0) is 4.74 Å². The van der Waals surface area contributed by atoms with Crippen LogP contribution in [0, 0.1) is 6.92 Å². The molecule has 2 rings (SSSR count). The molecule has 3 N–H and O–H groups in total. The number of anilines is 1. The molecule has 6 heteroatoms. The summed E-state index contributed by atoms with van der Waals surface area (Å²) in [5.74, 6) is 0.187. The van der Waals surface area contributed by atoms with Gasteiger partial charge in [-0.25, -0.2) is 9.78 Å². The van der Waals surface area contributed by atoms with Crippen molar-refractivity contribution < 1.29 is 9.53 Å². The summed E-state index contributed by atoms with van der Waals surface area (Å²) in [5, 5.41) is 3.87. The van der Waals surface area contributed by atoms with E-state index in [9.17, 15) is 4.79 Å². The Morgan fingerprint density at radius 2 is 2.10 bits per heavy atom. The second kappa shape index (κ2) is 7.19. The van der Waals surface area contributed by atoms with Crippen LogP contribution in [-0.4, -0.2) is 30.6 Å². The van der Waals surface area contributed by atoms with Gasteiger partial charge in [-0.05, 0) is 13.8 Å². The highest BCUT2D eigenvalue weighted by Gasteiger charge is 2.19. The third kappa shape index (κ3) is 3.80. The predicted octanol–water partition coefficient (Wildman–Crippen LogP) is 2.67. The quantitative estimate of drug-likeness (QED) is 0.802. The van der Waals surface area contributed by atoms with Gasteiger partial charge in [0, 0.05) is 18.7 Å². The third-order valence-electron chi connectivity index (χ3n) is 2.82. The fourth-order valence-corrected chi connectivity index (χ4v) is 2.73. The number of carbonyl (C=O) groups excluding carboxylic acids is 1. The van der Waals surface area contributed by atoms with Crippen LogP contribution < -0.4 is 11.1 Å². The van der Waals surface area contributed by atoms with Crippen molar-refractivity contribution in [3.63, 3.8) is 0 Å². The van der Waals surface area contributed by atoms with E-state index in [4.69, 9.17) is 10.5 Å². The van der Waals surface area contributed by atoms with Gasteiger partial charge in [-0.2, -0.15) is 0 Å². The summed E-state index contributed by atoms with van der Waals surface area (Å²) in [6, 6.07) is 8.03. The fourth-order valence-electron chi connectivity index (χ4n) is 1.79. The van der Waals surface area contributed by atoms with Crippen molar-refractivity contribution in [3.8, 4) is 10.6 Å². The summed E-state index contributed by atoms with van der Waals surface area (Å²) >= 11 is 1.33. The predicted molar refractivity (Wildman–Crippen MR) is 85.8 cm³/mol. The molecule has 0 saturated heterocycles. The lowest BCUT2D eigenvalue weighted by atomic mass is 10.2. The van der Waals surface area contributed by atoms with Crippen LogP contribution in [0.1, 0.15) is 22.2 Å². The van der Waals surface area contributed by atoms with Crippen molar-refractivity contribution in [1.29, 1.82) is 0 Å². The van der Waals surface area contributed by atoms with Gasteiger partial charge < -0.3 is 15.8 Å². The lowest BCUT2D eigenvalue weighted by Crippen LogP contribution is -2.15. The summed E-state index contributed by atoms with van der Waals surface area (Å²) in [6.07, 6.45) is 0. The molecule has 0 atom stereocenters. The summed E-state index contributed by atoms with van der Waals surface area (Å²) in [6.45, 7) is 5.19. The Hall–Kier alpha value is -1.92. The molecule has 0 saturated carbocycles. The number of ether oxygens (including phenoxy) is 1. The van der Waals surface area contributed by atoms with E-state index in [1.54, 1.807) is 6.92 Å². The number of thiazole rings is 1. The average Bonchev–Trinajstić information content (AvgIpc) is 2.90. The van der Waals surface area contributed by atoms with Crippen molar-refractivity contribution >= 4 is 23.1 Å². The van der Waals surface area contributed by atoms with E-state index in [-0.39, 0.29) is 5.97 Å². The lowest BCUT2D eigenvalue weighted by molar-refractivity contribution is 0.0533. The molecule has 1 aromatic carbocycles. The monoisotopic (exact) mass is 305 g/mol. The highest BCUT2D eigenvalue weighted by molar-refractivity contribution is 7.17. The number of esters is 1. The molecule has 0 aliphatic heterocycles. The van der Waals surface area contributed by atoms with Crippen LogP contribution in [0.3, 0.4) is 0 Å². The number of carbonyl (C=O) groups is 1. The minimum atomic E-state index is -0.354.